The van der Waals surface area contributed by atoms with Crippen molar-refractivity contribution in [2.45, 2.75) is 26.0 Å². The molecule has 2 rings (SSSR count). The van der Waals surface area contributed by atoms with Gasteiger partial charge in [0.2, 0.25) is 0 Å². The van der Waals surface area contributed by atoms with Gasteiger partial charge >= 0.3 is 6.03 Å². The minimum atomic E-state index is -0.142. The fraction of sp³-hybridized carbons (Fsp3) is 0.611. The van der Waals surface area contributed by atoms with Gasteiger partial charge in [-0.15, -0.1) is 0 Å². The van der Waals surface area contributed by atoms with Gasteiger partial charge in [-0.25, -0.2) is 4.79 Å². The second-order valence-corrected chi connectivity index (χ2v) is 6.68. The number of nitrogens with zero attached hydrogens (tertiary/aromatic N) is 2. The summed E-state index contributed by atoms with van der Waals surface area (Å²) in [6.45, 7) is 8.18. The maximum atomic E-state index is 12.0. The zero-order valence-corrected chi connectivity index (χ0v) is 15.2. The molecule has 134 valence electrons. The number of likely N-dealkylation sites (N-methyl/N-ethyl adjacent to an activating group) is 2. The highest BCUT2D eigenvalue weighted by molar-refractivity contribution is 5.73. The molecule has 0 radical (unpaired) electrons. The number of nitrogens with one attached hydrogen (secondary N) is 2. The third-order valence-corrected chi connectivity index (χ3v) is 4.45. The van der Waals surface area contributed by atoms with E-state index in [0.29, 0.717) is 19.1 Å². The molecule has 1 aromatic carbocycles. The van der Waals surface area contributed by atoms with Crippen molar-refractivity contribution in [2.75, 3.05) is 46.8 Å². The van der Waals surface area contributed by atoms with Crippen LogP contribution in [-0.4, -0.2) is 74.8 Å². The van der Waals surface area contributed by atoms with Crippen molar-refractivity contribution in [3.8, 4) is 5.75 Å². The summed E-state index contributed by atoms with van der Waals surface area (Å²) in [5, 5.41) is 5.84. The van der Waals surface area contributed by atoms with Crippen molar-refractivity contribution >= 4 is 6.03 Å². The predicted molar refractivity (Wildman–Crippen MR) is 96.6 cm³/mol. The number of aryl methyl sites for hydroxylation is 1. The monoisotopic (exact) mass is 334 g/mol. The molecule has 0 aliphatic carbocycles. The SMILES string of the molecule is Cc1ccccc1O[C@H](C)CNC(=O)NC[C@H]1CN(C)CCN1C. The Morgan fingerprint density at radius 1 is 1.29 bits per heavy atom. The van der Waals surface area contributed by atoms with Crippen molar-refractivity contribution in [3.63, 3.8) is 0 Å². The van der Waals surface area contributed by atoms with Crippen molar-refractivity contribution in [1.29, 1.82) is 0 Å². The zero-order valence-electron chi connectivity index (χ0n) is 15.2. The highest BCUT2D eigenvalue weighted by atomic mass is 16.5. The van der Waals surface area contributed by atoms with Crippen LogP contribution in [0.15, 0.2) is 24.3 Å². The molecule has 1 aliphatic heterocycles. The van der Waals surface area contributed by atoms with Gasteiger partial charge in [-0.1, -0.05) is 18.2 Å². The standard InChI is InChI=1S/C18H30N4O2/c1-14-7-5-6-8-17(14)24-15(2)11-19-18(23)20-12-16-13-21(3)9-10-22(16)4/h5-8,15-16H,9-13H2,1-4H3,(H2,19,20,23)/t15-,16+/m1/s1. The van der Waals surface area contributed by atoms with Crippen LogP contribution in [0.2, 0.25) is 0 Å². The molecule has 1 aliphatic rings. The summed E-state index contributed by atoms with van der Waals surface area (Å²) >= 11 is 0. The summed E-state index contributed by atoms with van der Waals surface area (Å²) < 4.78 is 5.86. The van der Waals surface area contributed by atoms with Gasteiger partial charge in [0, 0.05) is 32.2 Å². The number of carbonyl (C=O) groups excluding carboxylic acids is 1. The molecular weight excluding hydrogens is 304 g/mol. The number of para-hydroxylation sites is 1. The Hall–Kier alpha value is -1.79. The van der Waals surface area contributed by atoms with E-state index in [1.165, 1.54) is 0 Å². The molecule has 1 saturated heterocycles. The second-order valence-electron chi connectivity index (χ2n) is 6.68. The fourth-order valence-corrected chi connectivity index (χ4v) is 2.78. The van der Waals surface area contributed by atoms with E-state index in [4.69, 9.17) is 4.74 Å². The van der Waals surface area contributed by atoms with Gasteiger partial charge < -0.3 is 20.3 Å². The number of benzene rings is 1. The molecule has 6 nitrogen and oxygen atoms in total. The average molecular weight is 334 g/mol. The Balaban J connectivity index is 1.68. The topological polar surface area (TPSA) is 56.8 Å². The third kappa shape index (κ3) is 5.69. The van der Waals surface area contributed by atoms with E-state index >= 15 is 0 Å². The first-order valence-electron chi connectivity index (χ1n) is 8.58. The van der Waals surface area contributed by atoms with E-state index in [1.807, 2.05) is 38.1 Å². The lowest BCUT2D eigenvalue weighted by molar-refractivity contribution is 0.114. The first-order valence-corrected chi connectivity index (χ1v) is 8.58. The summed E-state index contributed by atoms with van der Waals surface area (Å²) in [7, 11) is 4.22. The maximum absolute atomic E-state index is 12.0. The molecule has 0 spiro atoms. The molecule has 0 saturated carbocycles. The van der Waals surface area contributed by atoms with E-state index in [1.54, 1.807) is 0 Å². The number of ether oxygens (including phenoxy) is 1. The Bertz CT molecular complexity index is 538. The number of rotatable bonds is 6. The number of hydrogen-bond acceptors (Lipinski definition) is 4. The number of piperazine rings is 1. The Morgan fingerprint density at radius 3 is 2.79 bits per heavy atom. The summed E-state index contributed by atoms with van der Waals surface area (Å²) in [6.07, 6.45) is -0.0830. The number of urea groups is 1. The van der Waals surface area contributed by atoms with E-state index in [9.17, 15) is 4.79 Å². The van der Waals surface area contributed by atoms with Crippen LogP contribution in [-0.2, 0) is 0 Å². The molecule has 24 heavy (non-hydrogen) atoms. The van der Waals surface area contributed by atoms with Gasteiger partial charge in [-0.3, -0.25) is 4.90 Å². The fourth-order valence-electron chi connectivity index (χ4n) is 2.78. The smallest absolute Gasteiger partial charge is 0.314 e. The predicted octanol–water partition coefficient (Wildman–Crippen LogP) is 1.31. The highest BCUT2D eigenvalue weighted by Gasteiger charge is 2.22. The largest absolute Gasteiger partial charge is 0.489 e. The molecule has 1 fully saturated rings. The van der Waals surface area contributed by atoms with Gasteiger partial charge in [0.25, 0.3) is 0 Å². The summed E-state index contributed by atoms with van der Waals surface area (Å²) in [5.41, 5.74) is 1.10. The molecular formula is C18H30N4O2. The first-order chi connectivity index (χ1) is 11.5. The quantitative estimate of drug-likeness (QED) is 0.824. The van der Waals surface area contributed by atoms with Crippen LogP contribution < -0.4 is 15.4 Å². The maximum Gasteiger partial charge on any atom is 0.314 e. The van der Waals surface area contributed by atoms with Gasteiger partial charge in [0.15, 0.2) is 0 Å². The first kappa shape index (κ1) is 18.5. The Kier molecular flexibility index (Phi) is 6.87. The van der Waals surface area contributed by atoms with Crippen LogP contribution in [0.3, 0.4) is 0 Å². The molecule has 6 heteroatoms. The lowest BCUT2D eigenvalue weighted by atomic mass is 10.2. The number of hydrogen-bond donors (Lipinski definition) is 2. The van der Waals surface area contributed by atoms with Gasteiger partial charge in [-0.05, 0) is 39.6 Å². The van der Waals surface area contributed by atoms with Crippen LogP contribution in [0.25, 0.3) is 0 Å². The molecule has 1 aromatic rings. The Labute approximate surface area is 145 Å². The Morgan fingerprint density at radius 2 is 2.04 bits per heavy atom. The molecule has 2 atom stereocenters. The third-order valence-electron chi connectivity index (χ3n) is 4.45. The lowest BCUT2D eigenvalue weighted by Gasteiger charge is -2.37. The van der Waals surface area contributed by atoms with Crippen LogP contribution in [0, 0.1) is 6.92 Å². The number of amides is 2. The molecule has 0 unspecified atom stereocenters. The van der Waals surface area contributed by atoms with Crippen molar-refractivity contribution < 1.29 is 9.53 Å². The van der Waals surface area contributed by atoms with Crippen molar-refractivity contribution in [2.24, 2.45) is 0 Å². The van der Waals surface area contributed by atoms with Gasteiger partial charge in [0.05, 0.1) is 6.54 Å². The van der Waals surface area contributed by atoms with Crippen molar-refractivity contribution in [1.82, 2.24) is 20.4 Å². The van der Waals surface area contributed by atoms with E-state index < -0.39 is 0 Å². The minimum Gasteiger partial charge on any atom is -0.489 e. The zero-order chi connectivity index (χ0) is 17.5. The molecule has 0 bridgehead atoms. The molecule has 2 N–H and O–H groups in total. The van der Waals surface area contributed by atoms with Crippen LogP contribution in [0.5, 0.6) is 5.75 Å². The summed E-state index contributed by atoms with van der Waals surface area (Å²) in [4.78, 5) is 16.6. The van der Waals surface area contributed by atoms with Crippen LogP contribution >= 0.6 is 0 Å². The normalized spacial score (nSPS) is 20.4. The van der Waals surface area contributed by atoms with Gasteiger partial charge in [-0.2, -0.15) is 0 Å². The van der Waals surface area contributed by atoms with E-state index in [0.717, 1.165) is 30.9 Å². The molecule has 2 amide bonds. The second kappa shape index (κ2) is 8.89. The summed E-state index contributed by atoms with van der Waals surface area (Å²) in [6, 6.07) is 8.11. The van der Waals surface area contributed by atoms with Gasteiger partial charge in [0.1, 0.15) is 11.9 Å². The van der Waals surface area contributed by atoms with Crippen molar-refractivity contribution in [3.05, 3.63) is 29.8 Å². The lowest BCUT2D eigenvalue weighted by Crippen LogP contribution is -2.55. The van der Waals surface area contributed by atoms with Crippen LogP contribution in [0.1, 0.15) is 12.5 Å². The van der Waals surface area contributed by atoms with Crippen LogP contribution in [0.4, 0.5) is 4.79 Å². The van der Waals surface area contributed by atoms with E-state index in [2.05, 4.69) is 34.5 Å². The molecule has 1 heterocycles. The highest BCUT2D eigenvalue weighted by Crippen LogP contribution is 2.17. The summed E-state index contributed by atoms with van der Waals surface area (Å²) in [5.74, 6) is 0.860. The minimum absolute atomic E-state index is 0.0830. The number of carbonyl (C=O) groups is 1. The van der Waals surface area contributed by atoms with E-state index in [-0.39, 0.29) is 12.1 Å². The average Bonchev–Trinajstić information content (AvgIpc) is 2.56. The molecule has 0 aromatic heterocycles.